The smallest absolute Gasteiger partial charge is 0.133 e. The average Bonchev–Trinajstić information content (AvgIpc) is 2.90. The van der Waals surface area contributed by atoms with Crippen molar-refractivity contribution in [3.63, 3.8) is 0 Å². The molecule has 0 radical (unpaired) electrons. The second-order valence-electron chi connectivity index (χ2n) is 6.45. The maximum Gasteiger partial charge on any atom is 0.133 e. The third kappa shape index (κ3) is 3.04. The molecule has 0 unspecified atom stereocenters. The highest BCUT2D eigenvalue weighted by Gasteiger charge is 2.36. The number of rotatable bonds is 3. The molecular weight excluding hydrogens is 314 g/mol. The minimum Gasteiger partial charge on any atom is -0.496 e. The van der Waals surface area contributed by atoms with E-state index in [4.69, 9.17) is 4.74 Å². The molecule has 1 heterocycles. The number of nitrogens with zero attached hydrogens (tertiary/aromatic N) is 1. The van der Waals surface area contributed by atoms with Crippen LogP contribution in [-0.2, 0) is 6.54 Å². The van der Waals surface area contributed by atoms with Gasteiger partial charge in [-0.2, -0.15) is 0 Å². The van der Waals surface area contributed by atoms with E-state index in [2.05, 4.69) is 39.0 Å². The van der Waals surface area contributed by atoms with Crippen molar-refractivity contribution >= 4 is 15.9 Å². The van der Waals surface area contributed by atoms with E-state index in [9.17, 15) is 0 Å². The fourth-order valence-electron chi connectivity index (χ4n) is 3.88. The lowest BCUT2D eigenvalue weighted by Crippen LogP contribution is -2.38. The van der Waals surface area contributed by atoms with E-state index in [0.717, 1.165) is 22.2 Å². The summed E-state index contributed by atoms with van der Waals surface area (Å²) >= 11 is 3.58. The molecular formula is C17H24BrNO. The zero-order valence-electron chi connectivity index (χ0n) is 12.3. The van der Waals surface area contributed by atoms with Gasteiger partial charge in [0.1, 0.15) is 5.75 Å². The molecule has 0 bridgehead atoms. The number of ether oxygens (including phenoxy) is 1. The second-order valence-corrected chi connectivity index (χ2v) is 7.31. The van der Waals surface area contributed by atoms with Crippen molar-refractivity contribution < 1.29 is 4.74 Å². The number of methoxy groups -OCH3 is 1. The van der Waals surface area contributed by atoms with Crippen LogP contribution >= 0.6 is 15.9 Å². The first-order chi connectivity index (χ1) is 9.71. The largest absolute Gasteiger partial charge is 0.496 e. The van der Waals surface area contributed by atoms with Gasteiger partial charge in [0.15, 0.2) is 0 Å². The molecule has 1 saturated carbocycles. The summed E-state index contributed by atoms with van der Waals surface area (Å²) in [6.45, 7) is 3.60. The molecule has 1 aromatic carbocycles. The first-order valence-corrected chi connectivity index (χ1v) is 8.55. The van der Waals surface area contributed by atoms with Gasteiger partial charge < -0.3 is 4.74 Å². The third-order valence-electron chi connectivity index (χ3n) is 5.20. The van der Waals surface area contributed by atoms with Gasteiger partial charge in [-0.25, -0.2) is 0 Å². The van der Waals surface area contributed by atoms with E-state index in [1.807, 2.05) is 0 Å². The molecule has 0 atom stereocenters. The molecule has 1 spiro atoms. The molecule has 1 aromatic rings. The van der Waals surface area contributed by atoms with Crippen LogP contribution in [0.2, 0.25) is 0 Å². The van der Waals surface area contributed by atoms with Crippen LogP contribution < -0.4 is 4.74 Å². The Morgan fingerprint density at radius 2 is 1.85 bits per heavy atom. The molecule has 2 fully saturated rings. The first-order valence-electron chi connectivity index (χ1n) is 7.76. The number of halogens is 1. The predicted octanol–water partition coefficient (Wildman–Crippen LogP) is 4.61. The van der Waals surface area contributed by atoms with Crippen molar-refractivity contribution in [2.24, 2.45) is 5.41 Å². The van der Waals surface area contributed by atoms with E-state index >= 15 is 0 Å². The Labute approximate surface area is 130 Å². The summed E-state index contributed by atoms with van der Waals surface area (Å²) in [7, 11) is 1.71. The average molecular weight is 338 g/mol. The highest BCUT2D eigenvalue weighted by molar-refractivity contribution is 9.10. The van der Waals surface area contributed by atoms with Crippen LogP contribution in [0.25, 0.3) is 0 Å². The van der Waals surface area contributed by atoms with Crippen LogP contribution in [0.4, 0.5) is 0 Å². The lowest BCUT2D eigenvalue weighted by atomic mass is 9.77. The first kappa shape index (κ1) is 14.4. The zero-order chi connectivity index (χ0) is 14.0. The summed E-state index contributed by atoms with van der Waals surface area (Å²) < 4.78 is 6.35. The van der Waals surface area contributed by atoms with Crippen LogP contribution in [0.5, 0.6) is 5.75 Å². The standard InChI is InChI=1S/C17H24BrNO/c1-20-16-5-4-14(12-15(16)18)13-19-10-8-17(9-11-19)6-2-3-7-17/h4-5,12H,2-3,6-11,13H2,1H3. The Balaban J connectivity index is 1.58. The van der Waals surface area contributed by atoms with Gasteiger partial charge in [0, 0.05) is 6.54 Å². The highest BCUT2D eigenvalue weighted by atomic mass is 79.9. The molecule has 0 N–H and O–H groups in total. The molecule has 3 heteroatoms. The maximum absolute atomic E-state index is 5.29. The van der Waals surface area contributed by atoms with Gasteiger partial charge >= 0.3 is 0 Å². The Hall–Kier alpha value is -0.540. The maximum atomic E-state index is 5.29. The van der Waals surface area contributed by atoms with Crippen LogP contribution in [0.1, 0.15) is 44.1 Å². The number of likely N-dealkylation sites (tertiary alicyclic amines) is 1. The summed E-state index contributed by atoms with van der Waals surface area (Å²) in [5.74, 6) is 0.914. The summed E-state index contributed by atoms with van der Waals surface area (Å²) in [6, 6.07) is 6.43. The van der Waals surface area contributed by atoms with Gasteiger partial charge in [0.2, 0.25) is 0 Å². The lowest BCUT2D eigenvalue weighted by Gasteiger charge is -2.39. The fourth-order valence-corrected chi connectivity index (χ4v) is 4.46. The molecule has 2 aliphatic rings. The summed E-state index contributed by atoms with van der Waals surface area (Å²) in [6.07, 6.45) is 8.70. The zero-order valence-corrected chi connectivity index (χ0v) is 13.9. The van der Waals surface area contributed by atoms with Crippen LogP contribution in [0.3, 0.4) is 0 Å². The normalized spacial score (nSPS) is 22.3. The Morgan fingerprint density at radius 1 is 1.15 bits per heavy atom. The minimum atomic E-state index is 0.719. The van der Waals surface area contributed by atoms with Crippen molar-refractivity contribution in [1.29, 1.82) is 0 Å². The van der Waals surface area contributed by atoms with Crippen LogP contribution in [0.15, 0.2) is 22.7 Å². The lowest BCUT2D eigenvalue weighted by molar-refractivity contribution is 0.103. The topological polar surface area (TPSA) is 12.5 Å². The fraction of sp³-hybridized carbons (Fsp3) is 0.647. The van der Waals surface area contributed by atoms with Crippen molar-refractivity contribution in [1.82, 2.24) is 4.90 Å². The molecule has 3 rings (SSSR count). The molecule has 20 heavy (non-hydrogen) atoms. The van der Waals surface area contributed by atoms with E-state index < -0.39 is 0 Å². The van der Waals surface area contributed by atoms with Gasteiger partial charge in [-0.05, 0) is 77.8 Å². The van der Waals surface area contributed by atoms with Gasteiger partial charge in [-0.1, -0.05) is 18.9 Å². The molecule has 2 nitrogen and oxygen atoms in total. The summed E-state index contributed by atoms with van der Waals surface area (Å²) in [5.41, 5.74) is 2.09. The van der Waals surface area contributed by atoms with Gasteiger partial charge in [-0.15, -0.1) is 0 Å². The van der Waals surface area contributed by atoms with Crippen molar-refractivity contribution in [2.75, 3.05) is 20.2 Å². The number of hydrogen-bond donors (Lipinski definition) is 0. The summed E-state index contributed by atoms with van der Waals surface area (Å²) in [4.78, 5) is 2.61. The van der Waals surface area contributed by atoms with Gasteiger partial charge in [0.25, 0.3) is 0 Å². The molecule has 0 aromatic heterocycles. The molecule has 0 amide bonds. The van der Waals surface area contributed by atoms with Crippen LogP contribution in [-0.4, -0.2) is 25.1 Å². The second kappa shape index (κ2) is 6.07. The molecule has 1 aliphatic carbocycles. The molecule has 110 valence electrons. The van der Waals surface area contributed by atoms with Crippen LogP contribution in [0, 0.1) is 5.41 Å². The predicted molar refractivity (Wildman–Crippen MR) is 86.1 cm³/mol. The van der Waals surface area contributed by atoms with E-state index in [1.54, 1.807) is 7.11 Å². The van der Waals surface area contributed by atoms with Crippen molar-refractivity contribution in [3.8, 4) is 5.75 Å². The van der Waals surface area contributed by atoms with E-state index in [0.29, 0.717) is 0 Å². The van der Waals surface area contributed by atoms with Crippen molar-refractivity contribution in [2.45, 2.75) is 45.1 Å². The van der Waals surface area contributed by atoms with Gasteiger partial charge in [-0.3, -0.25) is 4.90 Å². The monoisotopic (exact) mass is 337 g/mol. The Morgan fingerprint density at radius 3 is 2.45 bits per heavy atom. The number of hydrogen-bond acceptors (Lipinski definition) is 2. The van der Waals surface area contributed by atoms with E-state index in [-0.39, 0.29) is 0 Å². The SMILES string of the molecule is COc1ccc(CN2CCC3(CCCC3)CC2)cc1Br. The number of benzene rings is 1. The number of piperidine rings is 1. The molecule has 1 aliphatic heterocycles. The molecule has 1 saturated heterocycles. The third-order valence-corrected chi connectivity index (χ3v) is 5.82. The summed E-state index contributed by atoms with van der Waals surface area (Å²) in [5, 5.41) is 0. The Bertz CT molecular complexity index is 458. The van der Waals surface area contributed by atoms with E-state index in [1.165, 1.54) is 57.2 Å². The van der Waals surface area contributed by atoms with Gasteiger partial charge in [0.05, 0.1) is 11.6 Å². The minimum absolute atomic E-state index is 0.719. The highest BCUT2D eigenvalue weighted by Crippen LogP contribution is 2.46. The Kier molecular flexibility index (Phi) is 4.37. The quantitative estimate of drug-likeness (QED) is 0.798. The van der Waals surface area contributed by atoms with Crippen molar-refractivity contribution in [3.05, 3.63) is 28.2 Å².